The van der Waals surface area contributed by atoms with Crippen LogP contribution in [0.1, 0.15) is 11.1 Å². The Bertz CT molecular complexity index is 716. The summed E-state index contributed by atoms with van der Waals surface area (Å²) in [6.07, 6.45) is 1.62. The molecule has 1 heterocycles. The molecule has 0 bridgehead atoms. The Labute approximate surface area is 138 Å². The van der Waals surface area contributed by atoms with Crippen molar-refractivity contribution < 1.29 is 14.6 Å². The molecule has 0 fully saturated rings. The van der Waals surface area contributed by atoms with Gasteiger partial charge in [-0.25, -0.2) is 0 Å². The Morgan fingerprint density at radius 1 is 1.19 bits per heavy atom. The van der Waals surface area contributed by atoms with Gasteiger partial charge in [0.2, 0.25) is 0 Å². The van der Waals surface area contributed by atoms with E-state index in [1.165, 1.54) is 0 Å². The summed E-state index contributed by atoms with van der Waals surface area (Å²) in [6.45, 7) is 0.807. The van der Waals surface area contributed by atoms with Crippen molar-refractivity contribution in [3.05, 3.63) is 50.4 Å². The van der Waals surface area contributed by atoms with Crippen LogP contribution in [0, 0.1) is 0 Å². The van der Waals surface area contributed by atoms with Crippen LogP contribution in [0.15, 0.2) is 44.3 Å². The van der Waals surface area contributed by atoms with Gasteiger partial charge in [-0.2, -0.15) is 0 Å². The summed E-state index contributed by atoms with van der Waals surface area (Å²) in [6, 6.07) is 9.23. The Morgan fingerprint density at radius 2 is 2.05 bits per heavy atom. The minimum atomic E-state index is 0.159. The lowest BCUT2D eigenvalue weighted by molar-refractivity contribution is -0.0163. The van der Waals surface area contributed by atoms with E-state index in [2.05, 4.69) is 36.9 Å². The molecule has 0 aromatic heterocycles. The van der Waals surface area contributed by atoms with E-state index < -0.39 is 0 Å². The number of ether oxygens (including phenoxy) is 2. The second kappa shape index (κ2) is 6.17. The van der Waals surface area contributed by atoms with E-state index in [0.717, 1.165) is 21.5 Å². The minimum Gasteiger partial charge on any atom is -0.506 e. The molecule has 3 rings (SSSR count). The SMILES string of the molecule is Oc1c(Br)cc(Br)cc1/C=N/c1ccc2c(c1)COCO2. The summed E-state index contributed by atoms with van der Waals surface area (Å²) in [5.41, 5.74) is 2.37. The van der Waals surface area contributed by atoms with Crippen molar-refractivity contribution in [1.82, 2.24) is 0 Å². The van der Waals surface area contributed by atoms with Crippen LogP contribution < -0.4 is 4.74 Å². The molecule has 0 atom stereocenters. The third-order valence-electron chi connectivity index (χ3n) is 3.01. The van der Waals surface area contributed by atoms with Crippen molar-refractivity contribution in [3.8, 4) is 11.5 Å². The van der Waals surface area contributed by atoms with E-state index in [1.807, 2.05) is 18.2 Å². The molecule has 0 amide bonds. The molecule has 0 spiro atoms. The normalized spacial score (nSPS) is 14.0. The lowest BCUT2D eigenvalue weighted by Gasteiger charge is -2.17. The Balaban J connectivity index is 1.89. The van der Waals surface area contributed by atoms with Gasteiger partial charge in [-0.15, -0.1) is 0 Å². The van der Waals surface area contributed by atoms with Crippen LogP contribution in [0.4, 0.5) is 5.69 Å². The molecular formula is C15H11Br2NO3. The van der Waals surface area contributed by atoms with Gasteiger partial charge in [-0.05, 0) is 46.3 Å². The van der Waals surface area contributed by atoms with Crippen molar-refractivity contribution >= 4 is 43.8 Å². The quantitative estimate of drug-likeness (QED) is 0.737. The molecule has 1 aliphatic heterocycles. The molecule has 21 heavy (non-hydrogen) atoms. The van der Waals surface area contributed by atoms with Crippen molar-refractivity contribution in [2.75, 3.05) is 6.79 Å². The maximum atomic E-state index is 9.99. The van der Waals surface area contributed by atoms with Gasteiger partial charge in [-0.1, -0.05) is 15.9 Å². The highest BCUT2D eigenvalue weighted by Gasteiger charge is 2.10. The number of phenols is 1. The average molecular weight is 413 g/mol. The van der Waals surface area contributed by atoms with Gasteiger partial charge in [0.05, 0.1) is 16.8 Å². The van der Waals surface area contributed by atoms with Crippen molar-refractivity contribution in [1.29, 1.82) is 0 Å². The first-order valence-electron chi connectivity index (χ1n) is 6.19. The van der Waals surface area contributed by atoms with E-state index in [4.69, 9.17) is 9.47 Å². The third-order valence-corrected chi connectivity index (χ3v) is 4.07. The largest absolute Gasteiger partial charge is 0.506 e. The Hall–Kier alpha value is -1.37. The predicted octanol–water partition coefficient (Wildman–Crippen LogP) is 4.53. The molecular weight excluding hydrogens is 402 g/mol. The van der Waals surface area contributed by atoms with Gasteiger partial charge >= 0.3 is 0 Å². The monoisotopic (exact) mass is 411 g/mol. The fourth-order valence-corrected chi connectivity index (χ4v) is 3.24. The summed E-state index contributed by atoms with van der Waals surface area (Å²) < 4.78 is 12.1. The number of hydrogen-bond donors (Lipinski definition) is 1. The van der Waals surface area contributed by atoms with Gasteiger partial charge in [0.1, 0.15) is 11.5 Å². The summed E-state index contributed by atoms with van der Waals surface area (Å²) in [5.74, 6) is 0.986. The summed E-state index contributed by atoms with van der Waals surface area (Å²) >= 11 is 6.68. The van der Waals surface area contributed by atoms with Crippen molar-refractivity contribution in [3.63, 3.8) is 0 Å². The summed E-state index contributed by atoms with van der Waals surface area (Å²) in [4.78, 5) is 4.39. The first-order chi connectivity index (χ1) is 10.1. The molecule has 0 saturated carbocycles. The second-order valence-electron chi connectivity index (χ2n) is 4.49. The van der Waals surface area contributed by atoms with E-state index in [-0.39, 0.29) is 12.5 Å². The number of nitrogens with zero attached hydrogens (tertiary/aromatic N) is 1. The van der Waals surface area contributed by atoms with E-state index in [1.54, 1.807) is 18.3 Å². The van der Waals surface area contributed by atoms with Gasteiger partial charge in [0.15, 0.2) is 6.79 Å². The standard InChI is InChI=1S/C15H11Br2NO3/c16-11-3-9(15(19)13(17)5-11)6-18-12-1-2-14-10(4-12)7-20-8-21-14/h1-6,19H,7-8H2/b18-6+. The van der Waals surface area contributed by atoms with Crippen LogP contribution in [-0.4, -0.2) is 18.1 Å². The molecule has 0 aliphatic carbocycles. The summed E-state index contributed by atoms with van der Waals surface area (Å²) in [5, 5.41) is 9.99. The summed E-state index contributed by atoms with van der Waals surface area (Å²) in [7, 11) is 0. The fourth-order valence-electron chi connectivity index (χ4n) is 1.98. The number of hydrogen-bond acceptors (Lipinski definition) is 4. The number of halogens is 2. The molecule has 108 valence electrons. The Kier molecular flexibility index (Phi) is 4.28. The molecule has 0 radical (unpaired) electrons. The number of aliphatic imine (C=N–C) groups is 1. The number of aromatic hydroxyl groups is 1. The van der Waals surface area contributed by atoms with Crippen LogP contribution in [0.5, 0.6) is 11.5 Å². The smallest absolute Gasteiger partial charge is 0.189 e. The zero-order valence-electron chi connectivity index (χ0n) is 10.8. The van der Waals surface area contributed by atoms with Gasteiger partial charge < -0.3 is 14.6 Å². The fraction of sp³-hybridized carbons (Fsp3) is 0.133. The molecule has 2 aromatic carbocycles. The van der Waals surface area contributed by atoms with E-state index >= 15 is 0 Å². The zero-order valence-corrected chi connectivity index (χ0v) is 14.0. The van der Waals surface area contributed by atoms with Crippen LogP contribution in [0.2, 0.25) is 0 Å². The minimum absolute atomic E-state index is 0.159. The average Bonchev–Trinajstić information content (AvgIpc) is 2.49. The van der Waals surface area contributed by atoms with Crippen molar-refractivity contribution in [2.24, 2.45) is 4.99 Å². The zero-order chi connectivity index (χ0) is 14.8. The number of benzene rings is 2. The highest BCUT2D eigenvalue weighted by Crippen LogP contribution is 2.32. The van der Waals surface area contributed by atoms with Crippen LogP contribution in [0.25, 0.3) is 0 Å². The number of phenolic OH excluding ortho intramolecular Hbond substituents is 1. The highest BCUT2D eigenvalue weighted by atomic mass is 79.9. The van der Waals surface area contributed by atoms with Crippen LogP contribution in [-0.2, 0) is 11.3 Å². The molecule has 6 heteroatoms. The number of rotatable bonds is 2. The third kappa shape index (κ3) is 3.28. The van der Waals surface area contributed by atoms with E-state index in [0.29, 0.717) is 16.6 Å². The topological polar surface area (TPSA) is 51.1 Å². The molecule has 0 saturated heterocycles. The lowest BCUT2D eigenvalue weighted by atomic mass is 10.1. The molecule has 1 N–H and O–H groups in total. The molecule has 1 aliphatic rings. The van der Waals surface area contributed by atoms with Gasteiger partial charge in [0, 0.05) is 21.8 Å². The van der Waals surface area contributed by atoms with Crippen LogP contribution >= 0.6 is 31.9 Å². The van der Waals surface area contributed by atoms with Gasteiger partial charge in [0.25, 0.3) is 0 Å². The van der Waals surface area contributed by atoms with Gasteiger partial charge in [-0.3, -0.25) is 4.99 Å². The Morgan fingerprint density at radius 3 is 2.90 bits per heavy atom. The van der Waals surface area contributed by atoms with E-state index in [9.17, 15) is 5.11 Å². The maximum Gasteiger partial charge on any atom is 0.189 e. The van der Waals surface area contributed by atoms with Crippen molar-refractivity contribution in [2.45, 2.75) is 6.61 Å². The molecule has 0 unspecified atom stereocenters. The predicted molar refractivity (Wildman–Crippen MR) is 87.5 cm³/mol. The lowest BCUT2D eigenvalue weighted by Crippen LogP contribution is -2.10. The maximum absolute atomic E-state index is 9.99. The highest BCUT2D eigenvalue weighted by molar-refractivity contribution is 9.11. The second-order valence-corrected chi connectivity index (χ2v) is 6.26. The first kappa shape index (κ1) is 14.6. The number of fused-ring (bicyclic) bond motifs is 1. The van der Waals surface area contributed by atoms with Crippen LogP contribution in [0.3, 0.4) is 0 Å². The first-order valence-corrected chi connectivity index (χ1v) is 7.77. The molecule has 4 nitrogen and oxygen atoms in total. The molecule has 2 aromatic rings.